The Morgan fingerprint density at radius 2 is 1.54 bits per heavy atom. The predicted octanol–water partition coefficient (Wildman–Crippen LogP) is 6.97. The zero-order valence-electron chi connectivity index (χ0n) is 18.3. The molecule has 0 unspecified atom stereocenters. The second-order valence-corrected chi connectivity index (χ2v) is 8.54. The Morgan fingerprint density at radius 1 is 0.943 bits per heavy atom. The number of anilines is 1. The highest BCUT2D eigenvalue weighted by molar-refractivity contribution is 6.31. The number of hydrogen-bond acceptors (Lipinski definition) is 3. The number of hydrogen-bond donors (Lipinski definition) is 1. The molecule has 1 aromatic heterocycles. The first-order valence-electron chi connectivity index (χ1n) is 10.3. The van der Waals surface area contributed by atoms with E-state index in [9.17, 15) is 26.7 Å². The van der Waals surface area contributed by atoms with Gasteiger partial charge < -0.3 is 10.2 Å². The number of rotatable bonds is 8. The molecule has 1 heterocycles. The van der Waals surface area contributed by atoms with E-state index in [2.05, 4.69) is 10.3 Å². The van der Waals surface area contributed by atoms with Gasteiger partial charge in [0.25, 0.3) is 5.91 Å². The molecule has 0 atom stereocenters. The topological polar surface area (TPSA) is 45.2 Å². The Hall–Kier alpha value is -2.91. The van der Waals surface area contributed by atoms with E-state index >= 15 is 0 Å². The van der Waals surface area contributed by atoms with Gasteiger partial charge in [0.05, 0.1) is 10.6 Å². The van der Waals surface area contributed by atoms with Crippen molar-refractivity contribution < 1.29 is 26.7 Å². The highest BCUT2D eigenvalue weighted by atomic mass is 35.5. The molecule has 0 fully saturated rings. The number of aromatic nitrogens is 1. The van der Waals surface area contributed by atoms with Crippen LogP contribution in [0.5, 0.6) is 0 Å². The number of alkyl halides is 5. The summed E-state index contributed by atoms with van der Waals surface area (Å²) in [4.78, 5) is 19.0. The lowest BCUT2D eigenvalue weighted by Crippen LogP contribution is -2.34. The normalized spacial score (nSPS) is 11.9. The van der Waals surface area contributed by atoms with Crippen LogP contribution in [-0.4, -0.2) is 35.6 Å². The molecule has 2 aromatic carbocycles. The first kappa shape index (κ1) is 26.7. The minimum Gasteiger partial charge on any atom is -0.372 e. The number of amides is 1. The summed E-state index contributed by atoms with van der Waals surface area (Å²) < 4.78 is 65.3. The third kappa shape index (κ3) is 6.41. The average Bonchev–Trinajstić information content (AvgIpc) is 2.82. The Kier molecular flexibility index (Phi) is 8.22. The second kappa shape index (κ2) is 10.8. The number of carbonyl (C=O) groups excluding carboxylic acids is 1. The van der Waals surface area contributed by atoms with Crippen molar-refractivity contribution in [2.24, 2.45) is 0 Å². The van der Waals surface area contributed by atoms with Crippen molar-refractivity contribution in [2.45, 2.75) is 25.1 Å². The van der Waals surface area contributed by atoms with Crippen LogP contribution in [-0.2, 0) is 18.9 Å². The molecule has 0 bridgehead atoms. The zero-order valence-corrected chi connectivity index (χ0v) is 19.9. The highest BCUT2D eigenvalue weighted by Gasteiger charge is 2.58. The molecule has 0 radical (unpaired) electrons. The van der Waals surface area contributed by atoms with Crippen molar-refractivity contribution in [3.05, 3.63) is 93.1 Å². The van der Waals surface area contributed by atoms with Crippen LogP contribution < -0.4 is 5.32 Å². The molecule has 1 amide bonds. The average molecular weight is 532 g/mol. The van der Waals surface area contributed by atoms with E-state index in [0.717, 1.165) is 17.7 Å². The fourth-order valence-corrected chi connectivity index (χ4v) is 3.63. The van der Waals surface area contributed by atoms with Gasteiger partial charge in [0.2, 0.25) is 0 Å². The van der Waals surface area contributed by atoms with E-state index in [1.54, 1.807) is 31.3 Å². The van der Waals surface area contributed by atoms with Crippen LogP contribution in [0.3, 0.4) is 0 Å². The molecule has 0 aliphatic heterocycles. The van der Waals surface area contributed by atoms with Crippen molar-refractivity contribution in [3.63, 3.8) is 0 Å². The largest absolute Gasteiger partial charge is 0.458 e. The number of nitrogens with one attached hydrogen (secondary N) is 1. The SMILES string of the molecule is CNc1ncc(Cl)cc1C(=O)N(CCc1ccc(Cl)cc1)Cc1ccc(C(F)(F)C(F)(F)F)cc1. The molecule has 0 saturated heterocycles. The minimum atomic E-state index is -5.71. The van der Waals surface area contributed by atoms with Gasteiger partial charge >= 0.3 is 12.1 Å². The van der Waals surface area contributed by atoms with Crippen LogP contribution in [0.4, 0.5) is 27.8 Å². The van der Waals surface area contributed by atoms with Crippen LogP contribution in [0.15, 0.2) is 60.8 Å². The van der Waals surface area contributed by atoms with Crippen LogP contribution >= 0.6 is 23.2 Å². The highest BCUT2D eigenvalue weighted by Crippen LogP contribution is 2.43. The van der Waals surface area contributed by atoms with Crippen molar-refractivity contribution in [1.29, 1.82) is 0 Å². The summed E-state index contributed by atoms with van der Waals surface area (Å²) in [5.74, 6) is -5.14. The first-order valence-corrected chi connectivity index (χ1v) is 11.1. The first-order chi connectivity index (χ1) is 16.4. The third-order valence-electron chi connectivity index (χ3n) is 5.24. The maximum atomic E-state index is 13.6. The van der Waals surface area contributed by atoms with Gasteiger partial charge in [-0.2, -0.15) is 22.0 Å². The zero-order chi connectivity index (χ0) is 25.8. The standard InChI is InChI=1S/C24H20Cl2F5N3O/c1-32-21-20(12-19(26)13-33-21)22(35)34(11-10-15-4-8-18(25)9-5-15)14-16-2-6-17(7-3-16)23(27,28)24(29,30)31/h2-9,12-13H,10-11,14H2,1H3,(H,32,33). The summed E-state index contributed by atoms with van der Waals surface area (Å²) in [6.07, 6.45) is -3.89. The molecule has 1 N–H and O–H groups in total. The monoisotopic (exact) mass is 531 g/mol. The van der Waals surface area contributed by atoms with Crippen LogP contribution in [0.25, 0.3) is 0 Å². The van der Waals surface area contributed by atoms with E-state index in [1.165, 1.54) is 17.2 Å². The number of pyridine rings is 1. The lowest BCUT2D eigenvalue weighted by atomic mass is 10.0. The van der Waals surface area contributed by atoms with E-state index in [4.69, 9.17) is 23.2 Å². The van der Waals surface area contributed by atoms with Gasteiger partial charge in [-0.15, -0.1) is 0 Å². The predicted molar refractivity (Wildman–Crippen MR) is 125 cm³/mol. The summed E-state index contributed by atoms with van der Waals surface area (Å²) in [6, 6.07) is 12.2. The molecule has 11 heteroatoms. The van der Waals surface area contributed by atoms with Crippen LogP contribution in [0, 0.1) is 0 Å². The summed E-state index contributed by atoms with van der Waals surface area (Å²) in [6.45, 7) is 0.177. The molecule has 0 aliphatic carbocycles. The lowest BCUT2D eigenvalue weighted by molar-refractivity contribution is -0.289. The molecule has 4 nitrogen and oxygen atoms in total. The maximum Gasteiger partial charge on any atom is 0.458 e. The molecule has 0 aliphatic rings. The van der Waals surface area contributed by atoms with Gasteiger partial charge in [0.1, 0.15) is 5.82 Å². The number of halogens is 7. The molecule has 3 rings (SSSR count). The van der Waals surface area contributed by atoms with Crippen molar-refractivity contribution >= 4 is 34.9 Å². The number of benzene rings is 2. The van der Waals surface area contributed by atoms with Crippen molar-refractivity contribution in [2.75, 3.05) is 18.9 Å². The van der Waals surface area contributed by atoms with Crippen molar-refractivity contribution in [1.82, 2.24) is 9.88 Å². The molecular weight excluding hydrogens is 512 g/mol. The Morgan fingerprint density at radius 3 is 2.11 bits per heavy atom. The molecule has 0 saturated carbocycles. The summed E-state index contributed by atoms with van der Waals surface area (Å²) in [5, 5.41) is 3.62. The molecular formula is C24H20Cl2F5N3O. The van der Waals surface area contributed by atoms with Crippen LogP contribution in [0.2, 0.25) is 10.0 Å². The Balaban J connectivity index is 1.88. The van der Waals surface area contributed by atoms with Gasteiger partial charge in [-0.05, 0) is 35.7 Å². The molecule has 3 aromatic rings. The summed E-state index contributed by atoms with van der Waals surface area (Å²) in [5.41, 5.74) is 0.281. The smallest absolute Gasteiger partial charge is 0.372 e. The molecule has 186 valence electrons. The third-order valence-corrected chi connectivity index (χ3v) is 5.70. The second-order valence-electron chi connectivity index (χ2n) is 7.67. The maximum absolute atomic E-state index is 13.6. The lowest BCUT2D eigenvalue weighted by Gasteiger charge is -2.25. The van der Waals surface area contributed by atoms with Crippen LogP contribution in [0.1, 0.15) is 27.0 Å². The van der Waals surface area contributed by atoms with E-state index < -0.39 is 23.6 Å². The number of carbonyl (C=O) groups is 1. The molecule has 0 spiro atoms. The quantitative estimate of drug-likeness (QED) is 0.319. The van der Waals surface area contributed by atoms with Gasteiger partial charge in [0, 0.05) is 36.9 Å². The Labute approximate surface area is 208 Å². The Bertz CT molecular complexity index is 1170. The summed E-state index contributed by atoms with van der Waals surface area (Å²) >= 11 is 11.9. The van der Waals surface area contributed by atoms with Crippen molar-refractivity contribution in [3.8, 4) is 0 Å². The van der Waals surface area contributed by atoms with E-state index in [-0.39, 0.29) is 29.5 Å². The van der Waals surface area contributed by atoms with Gasteiger partial charge in [-0.3, -0.25) is 4.79 Å². The summed E-state index contributed by atoms with van der Waals surface area (Å²) in [7, 11) is 1.59. The van der Waals surface area contributed by atoms with E-state index in [1.807, 2.05) is 0 Å². The fourth-order valence-electron chi connectivity index (χ4n) is 3.34. The minimum absolute atomic E-state index is 0.0417. The fraction of sp³-hybridized carbons (Fsp3) is 0.250. The van der Waals surface area contributed by atoms with Gasteiger partial charge in [-0.25, -0.2) is 4.98 Å². The van der Waals surface area contributed by atoms with Gasteiger partial charge in [-0.1, -0.05) is 59.6 Å². The molecule has 35 heavy (non-hydrogen) atoms. The number of nitrogens with zero attached hydrogens (tertiary/aromatic N) is 2. The van der Waals surface area contributed by atoms with Gasteiger partial charge in [0.15, 0.2) is 0 Å². The van der Waals surface area contributed by atoms with E-state index in [0.29, 0.717) is 29.1 Å².